The number of hydrogen-bond donors (Lipinski definition) is 2. The molecular formula is C21H26N4O3. The fraction of sp³-hybridized carbons (Fsp3) is 0.333. The van der Waals surface area contributed by atoms with Crippen molar-refractivity contribution >= 4 is 23.5 Å². The normalized spacial score (nSPS) is 14.4. The van der Waals surface area contributed by atoms with E-state index in [1.54, 1.807) is 4.90 Å². The van der Waals surface area contributed by atoms with Crippen molar-refractivity contribution in [3.8, 4) is 0 Å². The van der Waals surface area contributed by atoms with Gasteiger partial charge in [-0.05, 0) is 36.8 Å². The summed E-state index contributed by atoms with van der Waals surface area (Å²) in [4.78, 5) is 27.6. The van der Waals surface area contributed by atoms with Crippen LogP contribution < -0.4 is 15.5 Å². The van der Waals surface area contributed by atoms with Gasteiger partial charge in [-0.2, -0.15) is 0 Å². The van der Waals surface area contributed by atoms with Crippen LogP contribution in [-0.4, -0.2) is 49.8 Å². The highest BCUT2D eigenvalue weighted by molar-refractivity contribution is 5.89. The number of hydrogen-bond acceptors (Lipinski definition) is 4. The maximum absolute atomic E-state index is 12.3. The number of carbonyl (C=O) groups excluding carboxylic acids is 2. The zero-order valence-corrected chi connectivity index (χ0v) is 16.2. The van der Waals surface area contributed by atoms with Crippen molar-refractivity contribution in [2.45, 2.75) is 19.5 Å². The van der Waals surface area contributed by atoms with E-state index in [0.717, 1.165) is 11.3 Å². The van der Waals surface area contributed by atoms with Gasteiger partial charge in [0.15, 0.2) is 0 Å². The highest BCUT2D eigenvalue weighted by Gasteiger charge is 2.21. The number of amides is 3. The molecule has 1 fully saturated rings. The van der Waals surface area contributed by atoms with Gasteiger partial charge >= 0.3 is 12.1 Å². The Morgan fingerprint density at radius 2 is 2.00 bits per heavy atom. The van der Waals surface area contributed by atoms with Crippen LogP contribution in [0, 0.1) is 0 Å². The Bertz CT molecular complexity index is 812. The molecule has 28 heavy (non-hydrogen) atoms. The lowest BCUT2D eigenvalue weighted by Crippen LogP contribution is -2.41. The number of anilines is 2. The van der Waals surface area contributed by atoms with Crippen molar-refractivity contribution < 1.29 is 14.3 Å². The number of nitrogens with zero attached hydrogens (tertiary/aromatic N) is 2. The molecule has 1 atom stereocenters. The number of carbonyl (C=O) groups is 2. The zero-order valence-electron chi connectivity index (χ0n) is 16.2. The lowest BCUT2D eigenvalue weighted by Gasteiger charge is -2.27. The molecule has 0 saturated carbocycles. The van der Waals surface area contributed by atoms with Gasteiger partial charge in [-0.15, -0.1) is 0 Å². The van der Waals surface area contributed by atoms with E-state index in [-0.39, 0.29) is 18.2 Å². The first-order valence-corrected chi connectivity index (χ1v) is 9.36. The maximum atomic E-state index is 12.3. The van der Waals surface area contributed by atoms with Crippen molar-refractivity contribution in [3.05, 3.63) is 60.2 Å². The summed E-state index contributed by atoms with van der Waals surface area (Å²) in [6, 6.07) is 17.4. The van der Waals surface area contributed by atoms with Crippen LogP contribution in [-0.2, 0) is 11.3 Å². The lowest BCUT2D eigenvalue weighted by molar-refractivity contribution is 0.157. The van der Waals surface area contributed by atoms with Crippen molar-refractivity contribution in [2.24, 2.45) is 0 Å². The number of likely N-dealkylation sites (N-methyl/N-ethyl adjacent to an activating group) is 1. The minimum absolute atomic E-state index is 0.140. The average Bonchev–Trinajstić information content (AvgIpc) is 3.11. The minimum Gasteiger partial charge on any atom is -0.448 e. The van der Waals surface area contributed by atoms with Crippen molar-refractivity contribution in [1.82, 2.24) is 10.2 Å². The molecule has 1 saturated heterocycles. The first-order valence-electron chi connectivity index (χ1n) is 9.36. The van der Waals surface area contributed by atoms with Crippen molar-refractivity contribution in [1.29, 1.82) is 0 Å². The summed E-state index contributed by atoms with van der Waals surface area (Å²) < 4.78 is 4.94. The quantitative estimate of drug-likeness (QED) is 0.771. The number of nitrogens with one attached hydrogen (secondary N) is 2. The van der Waals surface area contributed by atoms with Gasteiger partial charge in [0.05, 0.1) is 6.54 Å². The molecule has 1 aliphatic heterocycles. The van der Waals surface area contributed by atoms with Gasteiger partial charge < -0.3 is 25.2 Å². The summed E-state index contributed by atoms with van der Waals surface area (Å²) in [5, 5.41) is 5.75. The van der Waals surface area contributed by atoms with Gasteiger partial charge in [0.25, 0.3) is 0 Å². The van der Waals surface area contributed by atoms with E-state index >= 15 is 0 Å². The van der Waals surface area contributed by atoms with E-state index in [2.05, 4.69) is 22.5 Å². The molecule has 1 heterocycles. The van der Waals surface area contributed by atoms with Crippen LogP contribution >= 0.6 is 0 Å². The number of rotatable bonds is 7. The summed E-state index contributed by atoms with van der Waals surface area (Å²) >= 11 is 0. The van der Waals surface area contributed by atoms with E-state index in [0.29, 0.717) is 31.9 Å². The molecule has 0 aliphatic carbocycles. The van der Waals surface area contributed by atoms with E-state index in [4.69, 9.17) is 4.74 Å². The number of ether oxygens (including phenoxy) is 1. The second kappa shape index (κ2) is 9.12. The van der Waals surface area contributed by atoms with Crippen LogP contribution in [0.1, 0.15) is 12.5 Å². The standard InChI is InChI=1S/C21H26N4O3/c1-16(24(2)19-9-4-3-5-10-19)14-22-20(26)23-18-8-6-7-17(13-18)15-25-11-12-28-21(25)27/h3-10,13,16H,11-12,14-15H2,1-2H3,(H2,22,23,26). The van der Waals surface area contributed by atoms with Crippen LogP contribution in [0.2, 0.25) is 0 Å². The second-order valence-electron chi connectivity index (χ2n) is 6.87. The Kier molecular flexibility index (Phi) is 6.37. The number of cyclic esters (lactones) is 1. The molecule has 2 aromatic carbocycles. The summed E-state index contributed by atoms with van der Waals surface area (Å²) in [5.74, 6) is 0. The smallest absolute Gasteiger partial charge is 0.410 e. The molecule has 7 heteroatoms. The molecule has 2 aromatic rings. The monoisotopic (exact) mass is 382 g/mol. The molecule has 7 nitrogen and oxygen atoms in total. The highest BCUT2D eigenvalue weighted by Crippen LogP contribution is 2.16. The maximum Gasteiger partial charge on any atom is 0.410 e. The fourth-order valence-electron chi connectivity index (χ4n) is 3.01. The van der Waals surface area contributed by atoms with Crippen molar-refractivity contribution in [3.63, 3.8) is 0 Å². The molecule has 3 amide bonds. The van der Waals surface area contributed by atoms with Gasteiger partial charge in [0, 0.05) is 37.6 Å². The van der Waals surface area contributed by atoms with Crippen LogP contribution in [0.25, 0.3) is 0 Å². The summed E-state index contributed by atoms with van der Waals surface area (Å²) in [6.45, 7) is 4.05. The lowest BCUT2D eigenvalue weighted by atomic mass is 10.2. The summed E-state index contributed by atoms with van der Waals surface area (Å²) in [5.41, 5.74) is 2.73. The third kappa shape index (κ3) is 5.16. The molecule has 1 aliphatic rings. The molecular weight excluding hydrogens is 356 g/mol. The highest BCUT2D eigenvalue weighted by atomic mass is 16.6. The number of para-hydroxylation sites is 1. The first-order chi connectivity index (χ1) is 13.5. The first kappa shape index (κ1) is 19.5. The van der Waals surface area contributed by atoms with Gasteiger partial charge in [-0.25, -0.2) is 9.59 Å². The Balaban J connectivity index is 1.49. The van der Waals surface area contributed by atoms with E-state index in [1.807, 2.05) is 61.6 Å². The van der Waals surface area contributed by atoms with E-state index < -0.39 is 0 Å². The predicted molar refractivity (Wildman–Crippen MR) is 110 cm³/mol. The molecule has 0 spiro atoms. The minimum atomic E-state index is -0.298. The Morgan fingerprint density at radius 1 is 1.21 bits per heavy atom. The molecule has 2 N–H and O–H groups in total. The molecule has 0 aromatic heterocycles. The topological polar surface area (TPSA) is 73.9 Å². The van der Waals surface area contributed by atoms with Crippen LogP contribution in [0.4, 0.5) is 21.0 Å². The zero-order chi connectivity index (χ0) is 19.9. The number of urea groups is 1. The Morgan fingerprint density at radius 3 is 2.71 bits per heavy atom. The largest absolute Gasteiger partial charge is 0.448 e. The third-order valence-corrected chi connectivity index (χ3v) is 4.79. The van der Waals surface area contributed by atoms with Gasteiger partial charge in [0.1, 0.15) is 6.61 Å². The van der Waals surface area contributed by atoms with Crippen LogP contribution in [0.15, 0.2) is 54.6 Å². The fourth-order valence-corrected chi connectivity index (χ4v) is 3.01. The molecule has 148 valence electrons. The number of benzene rings is 2. The molecule has 3 rings (SSSR count). The summed E-state index contributed by atoms with van der Waals surface area (Å²) in [6.07, 6.45) is -0.298. The van der Waals surface area contributed by atoms with E-state index in [9.17, 15) is 9.59 Å². The van der Waals surface area contributed by atoms with Gasteiger partial charge in [-0.1, -0.05) is 30.3 Å². The van der Waals surface area contributed by atoms with Crippen molar-refractivity contribution in [2.75, 3.05) is 37.0 Å². The van der Waals surface area contributed by atoms with Crippen LogP contribution in [0.3, 0.4) is 0 Å². The molecule has 0 radical (unpaired) electrons. The third-order valence-electron chi connectivity index (χ3n) is 4.79. The average molecular weight is 382 g/mol. The Labute approximate surface area is 165 Å². The SMILES string of the molecule is CC(CNC(=O)Nc1cccc(CN2CCOC2=O)c1)N(C)c1ccccc1. The molecule has 1 unspecified atom stereocenters. The van der Waals surface area contributed by atoms with Gasteiger partial charge in [-0.3, -0.25) is 0 Å². The molecule has 0 bridgehead atoms. The van der Waals surface area contributed by atoms with Gasteiger partial charge in [0.2, 0.25) is 0 Å². The Hall–Kier alpha value is -3.22. The van der Waals surface area contributed by atoms with Crippen LogP contribution in [0.5, 0.6) is 0 Å². The van der Waals surface area contributed by atoms with E-state index in [1.165, 1.54) is 0 Å². The second-order valence-corrected chi connectivity index (χ2v) is 6.87. The summed E-state index contributed by atoms with van der Waals surface area (Å²) in [7, 11) is 2.01. The predicted octanol–water partition coefficient (Wildman–Crippen LogP) is 3.29.